The number of nitro benzene ring substituents is 2. The molecule has 0 N–H and O–H groups in total. The molecule has 0 aliphatic rings. The third-order valence-electron chi connectivity index (χ3n) is 2.74. The number of carbonyl (C=O) groups is 1. The van der Waals surface area contributed by atoms with Crippen molar-refractivity contribution in [3.05, 3.63) is 44.0 Å². The number of ether oxygens (including phenoxy) is 1. The van der Waals surface area contributed by atoms with E-state index in [1.807, 2.05) is 13.8 Å². The SMILES string of the molecule is CCC(CC)OC(=O)c1cc([N+](=O)[O-])cc([N+](=O)[O-])c1. The largest absolute Gasteiger partial charge is 0.459 e. The second kappa shape index (κ2) is 6.60. The van der Waals surface area contributed by atoms with Crippen LogP contribution in [0.4, 0.5) is 11.4 Å². The molecule has 0 heterocycles. The van der Waals surface area contributed by atoms with Gasteiger partial charge in [0.05, 0.1) is 21.5 Å². The number of carbonyl (C=O) groups excluding carboxylic acids is 1. The fourth-order valence-corrected chi connectivity index (χ4v) is 1.60. The Bertz CT molecular complexity index is 506. The summed E-state index contributed by atoms with van der Waals surface area (Å²) >= 11 is 0. The molecule has 0 saturated heterocycles. The van der Waals surface area contributed by atoms with Crippen LogP contribution in [0.2, 0.25) is 0 Å². The van der Waals surface area contributed by atoms with Crippen molar-refractivity contribution in [1.29, 1.82) is 0 Å². The van der Waals surface area contributed by atoms with Gasteiger partial charge in [0, 0.05) is 12.1 Å². The molecule has 1 aromatic carbocycles. The number of benzene rings is 1. The second-order valence-corrected chi connectivity index (χ2v) is 4.10. The van der Waals surface area contributed by atoms with Gasteiger partial charge >= 0.3 is 5.97 Å². The molecular weight excluding hydrogens is 268 g/mol. The van der Waals surface area contributed by atoms with Crippen LogP contribution < -0.4 is 0 Å². The lowest BCUT2D eigenvalue weighted by Crippen LogP contribution is -2.16. The van der Waals surface area contributed by atoms with E-state index >= 15 is 0 Å². The van der Waals surface area contributed by atoms with E-state index in [0.29, 0.717) is 12.8 Å². The first-order valence-electron chi connectivity index (χ1n) is 6.03. The average molecular weight is 282 g/mol. The lowest BCUT2D eigenvalue weighted by Gasteiger charge is -2.13. The number of esters is 1. The maximum Gasteiger partial charge on any atom is 0.338 e. The molecule has 0 saturated carbocycles. The molecule has 1 rings (SSSR count). The van der Waals surface area contributed by atoms with Crippen LogP contribution in [-0.2, 0) is 4.74 Å². The summed E-state index contributed by atoms with van der Waals surface area (Å²) in [6.07, 6.45) is 0.874. The Morgan fingerprint density at radius 2 is 1.55 bits per heavy atom. The van der Waals surface area contributed by atoms with E-state index in [2.05, 4.69) is 0 Å². The van der Waals surface area contributed by atoms with Gasteiger partial charge < -0.3 is 4.74 Å². The Morgan fingerprint density at radius 3 is 1.90 bits per heavy atom. The third kappa shape index (κ3) is 3.74. The minimum atomic E-state index is -0.800. The first-order valence-corrected chi connectivity index (χ1v) is 6.03. The molecule has 8 heteroatoms. The summed E-state index contributed by atoms with van der Waals surface area (Å²) in [5.74, 6) is -0.800. The van der Waals surface area contributed by atoms with Crippen molar-refractivity contribution in [2.45, 2.75) is 32.8 Å². The van der Waals surface area contributed by atoms with E-state index < -0.39 is 27.2 Å². The highest BCUT2D eigenvalue weighted by Crippen LogP contribution is 2.23. The van der Waals surface area contributed by atoms with Gasteiger partial charge in [0.25, 0.3) is 11.4 Å². The standard InChI is InChI=1S/C12H14N2O6/c1-3-11(4-2)20-12(15)8-5-9(13(16)17)7-10(6-8)14(18)19/h5-7,11H,3-4H2,1-2H3. The summed E-state index contributed by atoms with van der Waals surface area (Å²) in [6.45, 7) is 3.66. The fraction of sp³-hybridized carbons (Fsp3) is 0.417. The quantitative estimate of drug-likeness (QED) is 0.450. The topological polar surface area (TPSA) is 113 Å². The molecule has 0 spiro atoms. The smallest absolute Gasteiger partial charge is 0.338 e. The molecule has 0 aliphatic heterocycles. The van der Waals surface area contributed by atoms with Gasteiger partial charge in [-0.1, -0.05) is 13.8 Å². The Labute approximate surface area is 114 Å². The Hall–Kier alpha value is -2.51. The Kier molecular flexibility index (Phi) is 5.13. The van der Waals surface area contributed by atoms with Crippen LogP contribution in [0.25, 0.3) is 0 Å². The van der Waals surface area contributed by atoms with Crippen molar-refractivity contribution in [2.24, 2.45) is 0 Å². The molecule has 0 amide bonds. The molecule has 108 valence electrons. The maximum absolute atomic E-state index is 11.9. The van der Waals surface area contributed by atoms with Crippen molar-refractivity contribution in [3.8, 4) is 0 Å². The van der Waals surface area contributed by atoms with Gasteiger partial charge in [-0.3, -0.25) is 20.2 Å². The molecule has 1 aromatic rings. The van der Waals surface area contributed by atoms with Crippen molar-refractivity contribution < 1.29 is 19.4 Å². The number of hydrogen-bond acceptors (Lipinski definition) is 6. The predicted octanol–water partition coefficient (Wildman–Crippen LogP) is 2.85. The van der Waals surface area contributed by atoms with Gasteiger partial charge in [-0.2, -0.15) is 0 Å². The maximum atomic E-state index is 11.9. The molecule has 20 heavy (non-hydrogen) atoms. The number of rotatable bonds is 6. The van der Waals surface area contributed by atoms with E-state index in [-0.39, 0.29) is 11.7 Å². The second-order valence-electron chi connectivity index (χ2n) is 4.10. The summed E-state index contributed by atoms with van der Waals surface area (Å²) in [5.41, 5.74) is -1.23. The van der Waals surface area contributed by atoms with E-state index in [9.17, 15) is 25.0 Å². The predicted molar refractivity (Wildman–Crippen MR) is 69.5 cm³/mol. The highest BCUT2D eigenvalue weighted by Gasteiger charge is 2.21. The molecule has 0 unspecified atom stereocenters. The molecule has 0 bridgehead atoms. The van der Waals surface area contributed by atoms with E-state index in [1.165, 1.54) is 0 Å². The van der Waals surface area contributed by atoms with Crippen LogP contribution >= 0.6 is 0 Å². The van der Waals surface area contributed by atoms with Crippen molar-refractivity contribution >= 4 is 17.3 Å². The van der Waals surface area contributed by atoms with Crippen LogP contribution in [0.3, 0.4) is 0 Å². The van der Waals surface area contributed by atoms with Crippen molar-refractivity contribution in [2.75, 3.05) is 0 Å². The molecule has 8 nitrogen and oxygen atoms in total. The Balaban J connectivity index is 3.13. The van der Waals surface area contributed by atoms with Crippen LogP contribution in [0.1, 0.15) is 37.0 Å². The van der Waals surface area contributed by atoms with Gasteiger partial charge in [-0.05, 0) is 12.8 Å². The van der Waals surface area contributed by atoms with Gasteiger partial charge in [-0.15, -0.1) is 0 Å². The van der Waals surface area contributed by atoms with Crippen LogP contribution in [0.15, 0.2) is 18.2 Å². The number of hydrogen-bond donors (Lipinski definition) is 0. The minimum Gasteiger partial charge on any atom is -0.459 e. The van der Waals surface area contributed by atoms with Crippen LogP contribution in [0.5, 0.6) is 0 Å². The lowest BCUT2D eigenvalue weighted by atomic mass is 10.1. The summed E-state index contributed by atoms with van der Waals surface area (Å²) in [7, 11) is 0. The molecule has 0 atom stereocenters. The van der Waals surface area contributed by atoms with Crippen LogP contribution in [0, 0.1) is 20.2 Å². The van der Waals surface area contributed by atoms with Gasteiger partial charge in [0.1, 0.15) is 6.10 Å². The van der Waals surface area contributed by atoms with Crippen molar-refractivity contribution in [3.63, 3.8) is 0 Å². The highest BCUT2D eigenvalue weighted by atomic mass is 16.6. The number of nitro groups is 2. The van der Waals surface area contributed by atoms with Gasteiger partial charge in [-0.25, -0.2) is 4.79 Å². The zero-order valence-corrected chi connectivity index (χ0v) is 11.1. The van der Waals surface area contributed by atoms with Crippen LogP contribution in [-0.4, -0.2) is 21.9 Å². The molecule has 0 fully saturated rings. The Morgan fingerprint density at radius 1 is 1.10 bits per heavy atom. The van der Waals surface area contributed by atoms with Crippen molar-refractivity contribution in [1.82, 2.24) is 0 Å². The average Bonchev–Trinajstić information content (AvgIpc) is 2.43. The highest BCUT2D eigenvalue weighted by molar-refractivity contribution is 5.91. The minimum absolute atomic E-state index is 0.196. The molecule has 0 aromatic heterocycles. The first kappa shape index (κ1) is 15.5. The third-order valence-corrected chi connectivity index (χ3v) is 2.74. The normalized spacial score (nSPS) is 10.3. The molecular formula is C12H14N2O6. The van der Waals surface area contributed by atoms with E-state index in [0.717, 1.165) is 18.2 Å². The molecule has 0 radical (unpaired) electrons. The number of nitrogens with zero attached hydrogens (tertiary/aromatic N) is 2. The monoisotopic (exact) mass is 282 g/mol. The fourth-order valence-electron chi connectivity index (χ4n) is 1.60. The van der Waals surface area contributed by atoms with Gasteiger partial charge in [0.2, 0.25) is 0 Å². The molecule has 0 aliphatic carbocycles. The van der Waals surface area contributed by atoms with Gasteiger partial charge in [0.15, 0.2) is 0 Å². The summed E-state index contributed by atoms with van der Waals surface area (Å²) < 4.78 is 5.12. The summed E-state index contributed by atoms with van der Waals surface area (Å²) in [4.78, 5) is 31.7. The lowest BCUT2D eigenvalue weighted by molar-refractivity contribution is -0.394. The number of non-ortho nitro benzene ring substituents is 2. The zero-order valence-electron chi connectivity index (χ0n) is 11.1. The first-order chi connectivity index (χ1) is 9.38. The summed E-state index contributed by atoms with van der Waals surface area (Å²) in [5, 5.41) is 21.4. The summed E-state index contributed by atoms with van der Waals surface area (Å²) in [6, 6.07) is 2.74. The van der Waals surface area contributed by atoms with E-state index in [1.54, 1.807) is 0 Å². The zero-order chi connectivity index (χ0) is 15.3. The van der Waals surface area contributed by atoms with E-state index in [4.69, 9.17) is 4.74 Å².